The van der Waals surface area contributed by atoms with Crippen LogP contribution in [0.25, 0.3) is 5.76 Å². The molecule has 0 aliphatic carbocycles. The standard InChI is InChI=1S/C22H24ClN3O3/c1-3-25(4-2)12-13-26-19(16-6-5-7-17(23)14-16)18(21(28)22(26)29)20(27)15-8-10-24-11-9-15/h5-11,14,19,27H,3-4,12-13H2,1-2H3. The number of ketones is 1. The van der Waals surface area contributed by atoms with Crippen molar-refractivity contribution in [2.45, 2.75) is 19.9 Å². The van der Waals surface area contributed by atoms with E-state index in [4.69, 9.17) is 11.6 Å². The summed E-state index contributed by atoms with van der Waals surface area (Å²) < 4.78 is 0. The third-order valence-electron chi connectivity index (χ3n) is 5.21. The average molecular weight is 414 g/mol. The number of carbonyl (C=O) groups is 2. The van der Waals surface area contributed by atoms with Crippen LogP contribution in [-0.2, 0) is 9.59 Å². The topological polar surface area (TPSA) is 73.7 Å². The first kappa shape index (κ1) is 21.0. The van der Waals surface area contributed by atoms with Gasteiger partial charge in [0, 0.05) is 36.1 Å². The van der Waals surface area contributed by atoms with Gasteiger partial charge in [-0.3, -0.25) is 14.6 Å². The number of Topliss-reactive ketones (excluding diaryl/α,β-unsaturated/α-hetero) is 1. The van der Waals surface area contributed by atoms with Crippen LogP contribution in [0.5, 0.6) is 0 Å². The summed E-state index contributed by atoms with van der Waals surface area (Å²) in [5, 5.41) is 11.4. The van der Waals surface area contributed by atoms with Crippen molar-refractivity contribution in [2.75, 3.05) is 26.2 Å². The van der Waals surface area contributed by atoms with Gasteiger partial charge in [-0.1, -0.05) is 37.6 Å². The number of nitrogens with zero attached hydrogens (tertiary/aromatic N) is 3. The number of likely N-dealkylation sites (tertiary alicyclic amines) is 1. The molecule has 0 bridgehead atoms. The largest absolute Gasteiger partial charge is 0.507 e. The minimum absolute atomic E-state index is 0.0722. The van der Waals surface area contributed by atoms with Crippen molar-refractivity contribution in [1.29, 1.82) is 0 Å². The molecule has 1 amide bonds. The molecule has 1 aliphatic heterocycles. The zero-order chi connectivity index (χ0) is 21.0. The second kappa shape index (κ2) is 9.20. The van der Waals surface area contributed by atoms with E-state index in [0.717, 1.165) is 13.1 Å². The molecule has 1 aromatic carbocycles. The van der Waals surface area contributed by atoms with Crippen molar-refractivity contribution in [3.05, 3.63) is 70.5 Å². The van der Waals surface area contributed by atoms with Crippen molar-refractivity contribution in [2.24, 2.45) is 0 Å². The van der Waals surface area contributed by atoms with Crippen LogP contribution in [0.3, 0.4) is 0 Å². The number of pyridine rings is 1. The highest BCUT2D eigenvalue weighted by atomic mass is 35.5. The fraction of sp³-hybridized carbons (Fsp3) is 0.318. The highest BCUT2D eigenvalue weighted by Gasteiger charge is 2.46. The van der Waals surface area contributed by atoms with E-state index in [0.29, 0.717) is 29.2 Å². The number of aliphatic hydroxyl groups excluding tert-OH is 1. The van der Waals surface area contributed by atoms with Crippen molar-refractivity contribution in [1.82, 2.24) is 14.8 Å². The summed E-state index contributed by atoms with van der Waals surface area (Å²) in [4.78, 5) is 33.4. The fourth-order valence-corrected chi connectivity index (χ4v) is 3.79. The predicted octanol–water partition coefficient (Wildman–Crippen LogP) is 3.50. The quantitative estimate of drug-likeness (QED) is 0.427. The van der Waals surface area contributed by atoms with Crippen molar-refractivity contribution in [3.63, 3.8) is 0 Å². The van der Waals surface area contributed by atoms with Gasteiger partial charge in [-0.15, -0.1) is 0 Å². The zero-order valence-corrected chi connectivity index (χ0v) is 17.3. The Morgan fingerprint density at radius 2 is 1.86 bits per heavy atom. The van der Waals surface area contributed by atoms with E-state index >= 15 is 0 Å². The molecular weight excluding hydrogens is 390 g/mol. The zero-order valence-electron chi connectivity index (χ0n) is 16.5. The van der Waals surface area contributed by atoms with Crippen LogP contribution in [0, 0.1) is 0 Å². The van der Waals surface area contributed by atoms with E-state index in [-0.39, 0.29) is 11.3 Å². The van der Waals surface area contributed by atoms with Crippen molar-refractivity contribution in [3.8, 4) is 0 Å². The number of hydrogen-bond acceptors (Lipinski definition) is 5. The first-order valence-electron chi connectivity index (χ1n) is 9.64. The normalized spacial score (nSPS) is 18.6. The lowest BCUT2D eigenvalue weighted by molar-refractivity contribution is -0.140. The molecule has 1 unspecified atom stereocenters. The molecule has 6 nitrogen and oxygen atoms in total. The van der Waals surface area contributed by atoms with Crippen LogP contribution < -0.4 is 0 Å². The van der Waals surface area contributed by atoms with Crippen LogP contribution >= 0.6 is 11.6 Å². The van der Waals surface area contributed by atoms with Crippen LogP contribution in [0.15, 0.2) is 54.4 Å². The minimum Gasteiger partial charge on any atom is -0.507 e. The summed E-state index contributed by atoms with van der Waals surface area (Å²) >= 11 is 6.18. The van der Waals surface area contributed by atoms with Gasteiger partial charge in [0.1, 0.15) is 5.76 Å². The van der Waals surface area contributed by atoms with Gasteiger partial charge in [-0.2, -0.15) is 0 Å². The number of carbonyl (C=O) groups excluding carboxylic acids is 2. The number of rotatable bonds is 7. The lowest BCUT2D eigenvalue weighted by Crippen LogP contribution is -2.38. The highest BCUT2D eigenvalue weighted by Crippen LogP contribution is 2.39. The number of benzene rings is 1. The molecule has 3 rings (SSSR count). The Hall–Kier alpha value is -2.70. The maximum atomic E-state index is 12.9. The molecule has 152 valence electrons. The van der Waals surface area contributed by atoms with Gasteiger partial charge in [0.25, 0.3) is 11.7 Å². The van der Waals surface area contributed by atoms with Gasteiger partial charge in [0.05, 0.1) is 11.6 Å². The summed E-state index contributed by atoms with van der Waals surface area (Å²) in [5.41, 5.74) is 1.20. The molecule has 2 aromatic rings. The molecule has 0 saturated carbocycles. The summed E-state index contributed by atoms with van der Waals surface area (Å²) in [6.45, 7) is 6.80. The van der Waals surface area contributed by atoms with Crippen LogP contribution in [0.1, 0.15) is 31.0 Å². The van der Waals surface area contributed by atoms with Gasteiger partial charge in [0.15, 0.2) is 0 Å². The smallest absolute Gasteiger partial charge is 0.295 e. The molecule has 0 radical (unpaired) electrons. The molecule has 1 fully saturated rings. The summed E-state index contributed by atoms with van der Waals surface area (Å²) in [6.07, 6.45) is 3.06. The number of hydrogen-bond donors (Lipinski definition) is 1. The summed E-state index contributed by atoms with van der Waals surface area (Å²) in [6, 6.07) is 9.55. The maximum Gasteiger partial charge on any atom is 0.295 e. The van der Waals surface area contributed by atoms with Gasteiger partial charge >= 0.3 is 0 Å². The van der Waals surface area contributed by atoms with Crippen LogP contribution in [-0.4, -0.2) is 57.8 Å². The van der Waals surface area contributed by atoms with Gasteiger partial charge in [0.2, 0.25) is 0 Å². The molecule has 0 spiro atoms. The number of aliphatic hydroxyl groups is 1. The Morgan fingerprint density at radius 1 is 1.17 bits per heavy atom. The van der Waals surface area contributed by atoms with E-state index in [9.17, 15) is 14.7 Å². The van der Waals surface area contributed by atoms with E-state index in [1.165, 1.54) is 17.3 Å². The molecule has 2 heterocycles. The highest BCUT2D eigenvalue weighted by molar-refractivity contribution is 6.46. The SMILES string of the molecule is CCN(CC)CCN1C(=O)C(=O)C(=C(O)c2ccncc2)C1c1cccc(Cl)c1. The number of likely N-dealkylation sites (N-methyl/N-ethyl adjacent to an activating group) is 1. The molecule has 1 aliphatic rings. The molecule has 1 saturated heterocycles. The second-order valence-corrected chi connectivity index (χ2v) is 7.25. The summed E-state index contributed by atoms with van der Waals surface area (Å²) in [7, 11) is 0. The lowest BCUT2D eigenvalue weighted by atomic mass is 9.95. The number of aromatic nitrogens is 1. The maximum absolute atomic E-state index is 12.9. The molecule has 29 heavy (non-hydrogen) atoms. The van der Waals surface area contributed by atoms with Crippen LogP contribution in [0.4, 0.5) is 0 Å². The Kier molecular flexibility index (Phi) is 6.67. The Labute approximate surface area is 175 Å². The van der Waals surface area contributed by atoms with Crippen molar-refractivity contribution >= 4 is 29.1 Å². The molecule has 1 atom stereocenters. The Bertz CT molecular complexity index is 926. The first-order chi connectivity index (χ1) is 14.0. The minimum atomic E-state index is -0.697. The van der Waals surface area contributed by atoms with Crippen LogP contribution in [0.2, 0.25) is 5.02 Å². The predicted molar refractivity (Wildman–Crippen MR) is 112 cm³/mol. The van der Waals surface area contributed by atoms with E-state index in [1.54, 1.807) is 30.3 Å². The third-order valence-corrected chi connectivity index (χ3v) is 5.44. The molecule has 1 N–H and O–H groups in total. The molecule has 7 heteroatoms. The Morgan fingerprint density at radius 3 is 2.48 bits per heavy atom. The molecule has 1 aromatic heterocycles. The van der Waals surface area contributed by atoms with Crippen molar-refractivity contribution < 1.29 is 14.7 Å². The Balaban J connectivity index is 2.09. The van der Waals surface area contributed by atoms with Gasteiger partial charge in [-0.05, 0) is 42.9 Å². The second-order valence-electron chi connectivity index (χ2n) is 6.81. The summed E-state index contributed by atoms with van der Waals surface area (Å²) in [5.74, 6) is -1.51. The first-order valence-corrected chi connectivity index (χ1v) is 10.0. The monoisotopic (exact) mass is 413 g/mol. The fourth-order valence-electron chi connectivity index (χ4n) is 3.59. The van der Waals surface area contributed by atoms with E-state index in [2.05, 4.69) is 23.7 Å². The van der Waals surface area contributed by atoms with Gasteiger partial charge < -0.3 is 14.9 Å². The van der Waals surface area contributed by atoms with E-state index in [1.807, 2.05) is 6.07 Å². The average Bonchev–Trinajstić information content (AvgIpc) is 2.99. The third kappa shape index (κ3) is 4.33. The van der Waals surface area contributed by atoms with E-state index < -0.39 is 17.7 Å². The number of amides is 1. The number of halogens is 1. The molecular formula is C22H24ClN3O3. The lowest BCUT2D eigenvalue weighted by Gasteiger charge is -2.28. The van der Waals surface area contributed by atoms with Gasteiger partial charge in [-0.25, -0.2) is 0 Å².